The van der Waals surface area contributed by atoms with Crippen molar-refractivity contribution in [2.75, 3.05) is 26.2 Å². The molecule has 1 unspecified atom stereocenters. The average molecular weight is 266 g/mol. The molecule has 2 aliphatic rings. The van der Waals surface area contributed by atoms with E-state index in [2.05, 4.69) is 37.9 Å². The van der Waals surface area contributed by atoms with Crippen LogP contribution in [0.2, 0.25) is 0 Å². The Labute approximate surface area is 120 Å². The van der Waals surface area contributed by atoms with Crippen molar-refractivity contribution in [3.63, 3.8) is 0 Å². The second-order valence-electron chi connectivity index (χ2n) is 7.79. The highest BCUT2D eigenvalue weighted by Crippen LogP contribution is 2.44. The molecule has 1 aliphatic heterocycles. The number of hydrogen-bond donors (Lipinski definition) is 1. The molecular weight excluding hydrogens is 232 g/mol. The fourth-order valence-corrected chi connectivity index (χ4v) is 4.47. The lowest BCUT2D eigenvalue weighted by molar-refractivity contribution is 0.0576. The Bertz CT molecular complexity index is 266. The maximum Gasteiger partial charge on any atom is 0.0244 e. The van der Waals surface area contributed by atoms with Gasteiger partial charge in [0.25, 0.3) is 0 Å². The highest BCUT2D eigenvalue weighted by atomic mass is 15.2. The van der Waals surface area contributed by atoms with Gasteiger partial charge in [0.15, 0.2) is 0 Å². The van der Waals surface area contributed by atoms with Gasteiger partial charge < -0.3 is 5.32 Å². The minimum atomic E-state index is 0.638. The molecule has 0 spiro atoms. The van der Waals surface area contributed by atoms with E-state index in [-0.39, 0.29) is 0 Å². The van der Waals surface area contributed by atoms with Crippen molar-refractivity contribution < 1.29 is 0 Å². The highest BCUT2D eigenvalue weighted by Gasteiger charge is 2.38. The number of nitrogens with zero attached hydrogens (tertiary/aromatic N) is 1. The molecule has 0 aromatic carbocycles. The molecule has 1 atom stereocenters. The van der Waals surface area contributed by atoms with Crippen LogP contribution in [0.15, 0.2) is 0 Å². The van der Waals surface area contributed by atoms with Gasteiger partial charge in [-0.1, -0.05) is 40.5 Å². The summed E-state index contributed by atoms with van der Waals surface area (Å²) in [6.45, 7) is 14.5. The zero-order valence-electron chi connectivity index (χ0n) is 13.5. The molecule has 2 nitrogen and oxygen atoms in total. The third kappa shape index (κ3) is 3.95. The third-order valence-electron chi connectivity index (χ3n) is 5.21. The minimum absolute atomic E-state index is 0.638. The lowest BCUT2D eigenvalue weighted by atomic mass is 9.77. The summed E-state index contributed by atoms with van der Waals surface area (Å²) in [5, 5.41) is 3.58. The predicted octanol–water partition coefficient (Wildman–Crippen LogP) is 3.52. The van der Waals surface area contributed by atoms with E-state index in [0.29, 0.717) is 5.41 Å². The smallest absolute Gasteiger partial charge is 0.0244 e. The molecule has 2 rings (SSSR count). The Balaban J connectivity index is 2.02. The van der Waals surface area contributed by atoms with E-state index in [1.165, 1.54) is 58.3 Å². The molecular formula is C17H34N2. The summed E-state index contributed by atoms with van der Waals surface area (Å²) >= 11 is 0. The maximum absolute atomic E-state index is 3.58. The van der Waals surface area contributed by atoms with E-state index < -0.39 is 0 Å². The van der Waals surface area contributed by atoms with Gasteiger partial charge in [0.2, 0.25) is 0 Å². The second-order valence-corrected chi connectivity index (χ2v) is 7.79. The molecule has 1 N–H and O–H groups in total. The Kier molecular flexibility index (Phi) is 5.30. The van der Waals surface area contributed by atoms with Gasteiger partial charge in [-0.15, -0.1) is 0 Å². The fourth-order valence-electron chi connectivity index (χ4n) is 4.47. The van der Waals surface area contributed by atoms with Crippen LogP contribution in [0, 0.1) is 17.3 Å². The molecule has 1 heterocycles. The summed E-state index contributed by atoms with van der Waals surface area (Å²) in [5.41, 5.74) is 0.638. The van der Waals surface area contributed by atoms with Gasteiger partial charge in [-0.3, -0.25) is 4.90 Å². The van der Waals surface area contributed by atoms with Crippen LogP contribution in [-0.4, -0.2) is 37.1 Å². The van der Waals surface area contributed by atoms with Crippen molar-refractivity contribution in [2.45, 2.75) is 65.8 Å². The average Bonchev–Trinajstić information content (AvgIpc) is 2.76. The van der Waals surface area contributed by atoms with Crippen LogP contribution in [-0.2, 0) is 0 Å². The molecule has 0 aromatic heterocycles. The molecule has 1 saturated carbocycles. The standard InChI is InChI=1S/C17H34N2/c1-14(2)11-17(7-5-6-8-17)13-19-10-9-18-12-16(19)15(3)4/h14-16,18H,5-13H2,1-4H3. The van der Waals surface area contributed by atoms with Crippen molar-refractivity contribution >= 4 is 0 Å². The Morgan fingerprint density at radius 3 is 2.42 bits per heavy atom. The van der Waals surface area contributed by atoms with Crippen molar-refractivity contribution in [1.82, 2.24) is 10.2 Å². The lowest BCUT2D eigenvalue weighted by Crippen LogP contribution is -2.56. The molecule has 2 fully saturated rings. The molecule has 0 bridgehead atoms. The van der Waals surface area contributed by atoms with Gasteiger partial charge >= 0.3 is 0 Å². The number of rotatable bonds is 5. The summed E-state index contributed by atoms with van der Waals surface area (Å²) in [7, 11) is 0. The van der Waals surface area contributed by atoms with E-state index in [0.717, 1.165) is 17.9 Å². The molecule has 1 saturated heterocycles. The third-order valence-corrected chi connectivity index (χ3v) is 5.21. The summed E-state index contributed by atoms with van der Waals surface area (Å²) in [6.07, 6.45) is 7.30. The topological polar surface area (TPSA) is 15.3 Å². The highest BCUT2D eigenvalue weighted by molar-refractivity contribution is 4.92. The first-order chi connectivity index (χ1) is 9.02. The Morgan fingerprint density at radius 2 is 1.84 bits per heavy atom. The minimum Gasteiger partial charge on any atom is -0.314 e. The van der Waals surface area contributed by atoms with E-state index in [1.807, 2.05) is 0 Å². The SMILES string of the molecule is CC(C)CC1(CN2CCNCC2C(C)C)CCCC1. The van der Waals surface area contributed by atoms with Crippen LogP contribution in [0.4, 0.5) is 0 Å². The number of nitrogens with one attached hydrogen (secondary N) is 1. The monoisotopic (exact) mass is 266 g/mol. The van der Waals surface area contributed by atoms with E-state index >= 15 is 0 Å². The van der Waals surface area contributed by atoms with Gasteiger partial charge in [-0.25, -0.2) is 0 Å². The van der Waals surface area contributed by atoms with Crippen LogP contribution < -0.4 is 5.32 Å². The van der Waals surface area contributed by atoms with Gasteiger partial charge in [0.05, 0.1) is 0 Å². The van der Waals surface area contributed by atoms with Crippen LogP contribution in [0.1, 0.15) is 59.8 Å². The summed E-state index contributed by atoms with van der Waals surface area (Å²) in [4.78, 5) is 2.81. The van der Waals surface area contributed by atoms with E-state index in [1.54, 1.807) is 0 Å². The van der Waals surface area contributed by atoms with Crippen molar-refractivity contribution in [2.24, 2.45) is 17.3 Å². The Morgan fingerprint density at radius 1 is 1.16 bits per heavy atom. The van der Waals surface area contributed by atoms with Crippen LogP contribution >= 0.6 is 0 Å². The van der Waals surface area contributed by atoms with Crippen LogP contribution in [0.25, 0.3) is 0 Å². The summed E-state index contributed by atoms with van der Waals surface area (Å²) < 4.78 is 0. The van der Waals surface area contributed by atoms with E-state index in [9.17, 15) is 0 Å². The molecule has 0 radical (unpaired) electrons. The normalized spacial score (nSPS) is 28.4. The quantitative estimate of drug-likeness (QED) is 0.819. The molecule has 1 aliphatic carbocycles. The number of hydrogen-bond acceptors (Lipinski definition) is 2. The fraction of sp³-hybridized carbons (Fsp3) is 1.00. The lowest BCUT2D eigenvalue weighted by Gasteiger charge is -2.44. The van der Waals surface area contributed by atoms with Gasteiger partial charge in [-0.2, -0.15) is 0 Å². The van der Waals surface area contributed by atoms with Crippen LogP contribution in [0.3, 0.4) is 0 Å². The second kappa shape index (κ2) is 6.58. The largest absolute Gasteiger partial charge is 0.314 e. The first-order valence-corrected chi connectivity index (χ1v) is 8.47. The zero-order chi connectivity index (χ0) is 13.9. The van der Waals surface area contributed by atoms with Crippen molar-refractivity contribution in [3.05, 3.63) is 0 Å². The zero-order valence-corrected chi connectivity index (χ0v) is 13.5. The first-order valence-electron chi connectivity index (χ1n) is 8.47. The molecule has 0 amide bonds. The predicted molar refractivity (Wildman–Crippen MR) is 83.4 cm³/mol. The Hall–Kier alpha value is -0.0800. The molecule has 2 heteroatoms. The van der Waals surface area contributed by atoms with Gasteiger partial charge in [-0.05, 0) is 36.5 Å². The summed E-state index contributed by atoms with van der Waals surface area (Å²) in [6, 6.07) is 0.749. The van der Waals surface area contributed by atoms with Gasteiger partial charge in [0.1, 0.15) is 0 Å². The maximum atomic E-state index is 3.58. The number of piperazine rings is 1. The molecule has 0 aromatic rings. The molecule has 19 heavy (non-hydrogen) atoms. The van der Waals surface area contributed by atoms with Crippen LogP contribution in [0.5, 0.6) is 0 Å². The van der Waals surface area contributed by atoms with Gasteiger partial charge in [0, 0.05) is 32.2 Å². The first kappa shape index (κ1) is 15.3. The van der Waals surface area contributed by atoms with Crippen molar-refractivity contribution in [1.29, 1.82) is 0 Å². The summed E-state index contributed by atoms with van der Waals surface area (Å²) in [5.74, 6) is 1.61. The van der Waals surface area contributed by atoms with E-state index in [4.69, 9.17) is 0 Å². The van der Waals surface area contributed by atoms with Crippen molar-refractivity contribution in [3.8, 4) is 0 Å². The molecule has 112 valence electrons.